The van der Waals surface area contributed by atoms with Crippen LogP contribution in [0.15, 0.2) is 11.1 Å². The van der Waals surface area contributed by atoms with E-state index in [2.05, 4.69) is 0 Å². The summed E-state index contributed by atoms with van der Waals surface area (Å²) in [5.74, 6) is 0.200. The van der Waals surface area contributed by atoms with Gasteiger partial charge in [0.1, 0.15) is 0 Å². The van der Waals surface area contributed by atoms with Crippen molar-refractivity contribution in [2.24, 2.45) is 11.1 Å². The molecule has 0 aromatic rings. The second-order valence-electron chi connectivity index (χ2n) is 4.15. The van der Waals surface area contributed by atoms with Gasteiger partial charge in [0.15, 0.2) is 0 Å². The minimum Gasteiger partial charge on any atom is -0.337 e. The Morgan fingerprint density at radius 1 is 1.64 bits per heavy atom. The van der Waals surface area contributed by atoms with E-state index in [9.17, 15) is 4.79 Å². The number of nitrogens with two attached hydrogens (primary N) is 1. The van der Waals surface area contributed by atoms with Gasteiger partial charge in [-0.1, -0.05) is 17.7 Å². The fourth-order valence-electron chi connectivity index (χ4n) is 1.87. The number of amides is 1. The molecular formula is C10H15ClN2O. The molecule has 0 unspecified atom stereocenters. The van der Waals surface area contributed by atoms with Crippen LogP contribution >= 0.6 is 11.6 Å². The van der Waals surface area contributed by atoms with E-state index in [0.29, 0.717) is 13.1 Å². The molecule has 2 N–H and O–H groups in total. The van der Waals surface area contributed by atoms with Gasteiger partial charge in [-0.25, -0.2) is 0 Å². The van der Waals surface area contributed by atoms with Crippen molar-refractivity contribution in [3.63, 3.8) is 0 Å². The Morgan fingerprint density at radius 2 is 2.36 bits per heavy atom. The van der Waals surface area contributed by atoms with Crippen LogP contribution in [0.1, 0.15) is 19.3 Å². The van der Waals surface area contributed by atoms with E-state index in [1.165, 1.54) is 0 Å². The molecule has 1 heterocycles. The first-order chi connectivity index (χ1) is 6.68. The number of hydrogen-bond acceptors (Lipinski definition) is 2. The van der Waals surface area contributed by atoms with Gasteiger partial charge in [0.05, 0.1) is 12.0 Å². The van der Waals surface area contributed by atoms with E-state index in [4.69, 9.17) is 17.3 Å². The number of halogens is 1. The molecule has 0 bridgehead atoms. The Hall–Kier alpha value is -0.540. The van der Waals surface area contributed by atoms with Crippen LogP contribution in [0.3, 0.4) is 0 Å². The van der Waals surface area contributed by atoms with Gasteiger partial charge in [-0.2, -0.15) is 0 Å². The SMILES string of the molecule is NCC1(C(=O)N2CCC=C(Cl)C2)CC1. The molecule has 1 saturated carbocycles. The fraction of sp³-hybridized carbons (Fsp3) is 0.700. The molecule has 3 nitrogen and oxygen atoms in total. The highest BCUT2D eigenvalue weighted by molar-refractivity contribution is 6.30. The normalized spacial score (nSPS) is 24.4. The predicted octanol–water partition coefficient (Wildman–Crippen LogP) is 1.08. The maximum Gasteiger partial charge on any atom is 0.230 e. The van der Waals surface area contributed by atoms with Crippen molar-refractivity contribution >= 4 is 17.5 Å². The van der Waals surface area contributed by atoms with E-state index >= 15 is 0 Å². The summed E-state index contributed by atoms with van der Waals surface area (Å²) in [6.45, 7) is 1.84. The van der Waals surface area contributed by atoms with Crippen molar-refractivity contribution in [2.75, 3.05) is 19.6 Å². The Bertz CT molecular complexity index is 284. The lowest BCUT2D eigenvalue weighted by molar-refractivity contribution is -0.136. The summed E-state index contributed by atoms with van der Waals surface area (Å²) in [6, 6.07) is 0. The minimum atomic E-state index is -0.228. The molecule has 0 spiro atoms. The van der Waals surface area contributed by atoms with Gasteiger partial charge in [-0.3, -0.25) is 4.79 Å². The predicted molar refractivity (Wildman–Crippen MR) is 55.9 cm³/mol. The second kappa shape index (κ2) is 3.55. The van der Waals surface area contributed by atoms with Crippen LogP contribution in [0.25, 0.3) is 0 Å². The summed E-state index contributed by atoms with van der Waals surface area (Å²) in [4.78, 5) is 13.9. The van der Waals surface area contributed by atoms with Crippen molar-refractivity contribution in [3.05, 3.63) is 11.1 Å². The number of carbonyl (C=O) groups excluding carboxylic acids is 1. The van der Waals surface area contributed by atoms with Gasteiger partial charge in [0, 0.05) is 18.1 Å². The first-order valence-corrected chi connectivity index (χ1v) is 5.40. The molecule has 2 rings (SSSR count). The topological polar surface area (TPSA) is 46.3 Å². The lowest BCUT2D eigenvalue weighted by Gasteiger charge is -2.28. The molecule has 0 aromatic carbocycles. The standard InChI is InChI=1S/C10H15ClN2O/c11-8-2-1-5-13(6-8)9(14)10(7-12)3-4-10/h2H,1,3-7,12H2. The zero-order valence-corrected chi connectivity index (χ0v) is 8.89. The zero-order chi connectivity index (χ0) is 10.2. The average Bonchev–Trinajstić information content (AvgIpc) is 2.97. The summed E-state index contributed by atoms with van der Waals surface area (Å²) < 4.78 is 0. The van der Waals surface area contributed by atoms with Crippen molar-refractivity contribution < 1.29 is 4.79 Å². The van der Waals surface area contributed by atoms with E-state index in [1.54, 1.807) is 0 Å². The van der Waals surface area contributed by atoms with E-state index in [1.807, 2.05) is 11.0 Å². The van der Waals surface area contributed by atoms with E-state index < -0.39 is 0 Å². The van der Waals surface area contributed by atoms with Gasteiger partial charge in [0.2, 0.25) is 5.91 Å². The maximum absolute atomic E-state index is 12.0. The lowest BCUT2D eigenvalue weighted by atomic mass is 10.0. The third-order valence-corrected chi connectivity index (χ3v) is 3.37. The van der Waals surface area contributed by atoms with Crippen LogP contribution in [0, 0.1) is 5.41 Å². The molecule has 0 saturated heterocycles. The smallest absolute Gasteiger partial charge is 0.230 e. The molecule has 1 amide bonds. The van der Waals surface area contributed by atoms with Crippen LogP contribution in [-0.4, -0.2) is 30.4 Å². The maximum atomic E-state index is 12.0. The highest BCUT2D eigenvalue weighted by Crippen LogP contribution is 2.46. The molecule has 1 aliphatic heterocycles. The highest BCUT2D eigenvalue weighted by atomic mass is 35.5. The monoisotopic (exact) mass is 214 g/mol. The average molecular weight is 215 g/mol. The first kappa shape index (κ1) is 9.99. The molecule has 2 aliphatic rings. The van der Waals surface area contributed by atoms with Gasteiger partial charge in [-0.15, -0.1) is 0 Å². The van der Waals surface area contributed by atoms with Crippen molar-refractivity contribution in [2.45, 2.75) is 19.3 Å². The number of rotatable bonds is 2. The Morgan fingerprint density at radius 3 is 2.86 bits per heavy atom. The summed E-state index contributed by atoms with van der Waals surface area (Å²) in [5.41, 5.74) is 5.39. The highest BCUT2D eigenvalue weighted by Gasteiger charge is 2.50. The number of hydrogen-bond donors (Lipinski definition) is 1. The Balaban J connectivity index is 2.02. The summed E-state index contributed by atoms with van der Waals surface area (Å²) >= 11 is 5.91. The summed E-state index contributed by atoms with van der Waals surface area (Å²) in [6.07, 6.45) is 4.74. The van der Waals surface area contributed by atoms with E-state index in [-0.39, 0.29) is 11.3 Å². The molecule has 14 heavy (non-hydrogen) atoms. The summed E-state index contributed by atoms with van der Waals surface area (Å²) in [5, 5.41) is 0.775. The van der Waals surface area contributed by atoms with Crippen LogP contribution in [0.4, 0.5) is 0 Å². The minimum absolute atomic E-state index is 0.200. The Labute approximate surface area is 88.9 Å². The van der Waals surface area contributed by atoms with Gasteiger partial charge < -0.3 is 10.6 Å². The molecule has 0 aromatic heterocycles. The molecular weight excluding hydrogens is 200 g/mol. The molecule has 1 fully saturated rings. The van der Waals surface area contributed by atoms with Gasteiger partial charge in [-0.05, 0) is 19.3 Å². The molecule has 4 heteroatoms. The third kappa shape index (κ3) is 1.66. The molecule has 78 valence electrons. The van der Waals surface area contributed by atoms with Crippen molar-refractivity contribution in [1.29, 1.82) is 0 Å². The van der Waals surface area contributed by atoms with Crippen LogP contribution in [0.2, 0.25) is 0 Å². The molecule has 1 aliphatic carbocycles. The summed E-state index contributed by atoms with van der Waals surface area (Å²) in [7, 11) is 0. The van der Waals surface area contributed by atoms with Gasteiger partial charge in [0.25, 0.3) is 0 Å². The quantitative estimate of drug-likeness (QED) is 0.748. The van der Waals surface area contributed by atoms with Crippen LogP contribution in [0.5, 0.6) is 0 Å². The molecule has 0 radical (unpaired) electrons. The van der Waals surface area contributed by atoms with E-state index in [0.717, 1.165) is 30.8 Å². The van der Waals surface area contributed by atoms with Crippen molar-refractivity contribution in [1.82, 2.24) is 4.90 Å². The second-order valence-corrected chi connectivity index (χ2v) is 4.64. The zero-order valence-electron chi connectivity index (χ0n) is 8.13. The lowest BCUT2D eigenvalue weighted by Crippen LogP contribution is -2.42. The number of carbonyl (C=O) groups is 1. The van der Waals surface area contributed by atoms with Crippen LogP contribution in [-0.2, 0) is 4.79 Å². The largest absolute Gasteiger partial charge is 0.337 e. The molecule has 0 atom stereocenters. The van der Waals surface area contributed by atoms with Gasteiger partial charge >= 0.3 is 0 Å². The third-order valence-electron chi connectivity index (χ3n) is 3.09. The van der Waals surface area contributed by atoms with Crippen molar-refractivity contribution in [3.8, 4) is 0 Å². The van der Waals surface area contributed by atoms with Crippen LogP contribution < -0.4 is 5.73 Å². The Kier molecular flexibility index (Phi) is 2.54. The first-order valence-electron chi connectivity index (χ1n) is 5.02. The number of nitrogens with zero attached hydrogens (tertiary/aromatic N) is 1. The fourth-order valence-corrected chi connectivity index (χ4v) is 2.12.